The van der Waals surface area contributed by atoms with E-state index in [1.54, 1.807) is 6.07 Å². The number of hydrogen-bond acceptors (Lipinski definition) is 4. The first kappa shape index (κ1) is 31.9. The van der Waals surface area contributed by atoms with E-state index in [0.717, 1.165) is 49.7 Å². The first-order valence-corrected chi connectivity index (χ1v) is 16.3. The smallest absolute Gasteiger partial charge is 0.124 e. The predicted molar refractivity (Wildman–Crippen MR) is 172 cm³/mol. The Balaban J connectivity index is 1.56. The van der Waals surface area contributed by atoms with Gasteiger partial charge in [-0.15, -0.1) is 0 Å². The summed E-state index contributed by atoms with van der Waals surface area (Å²) in [4.78, 5) is 9.85. The molecule has 2 aromatic rings. The molecule has 1 aliphatic rings. The second-order valence-electron chi connectivity index (χ2n) is 11.8. The van der Waals surface area contributed by atoms with Crippen molar-refractivity contribution in [2.24, 2.45) is 9.98 Å². The Hall–Kier alpha value is -2.62. The summed E-state index contributed by atoms with van der Waals surface area (Å²) in [5.41, 5.74) is 4.13. The molecule has 0 radical (unpaired) electrons. The minimum Gasteiger partial charge on any atom is -0.507 e. The summed E-state index contributed by atoms with van der Waals surface area (Å²) < 4.78 is 0. The van der Waals surface area contributed by atoms with Crippen molar-refractivity contribution >= 4 is 12.4 Å². The molecule has 0 unspecified atom stereocenters. The minimum atomic E-state index is 0.0973. The number of aryl methyl sites for hydroxylation is 2. The highest BCUT2D eigenvalue weighted by Crippen LogP contribution is 2.26. The van der Waals surface area contributed by atoms with E-state index in [0.29, 0.717) is 5.75 Å². The van der Waals surface area contributed by atoms with Crippen LogP contribution in [0, 0.1) is 0 Å². The highest BCUT2D eigenvalue weighted by Gasteiger charge is 2.23. The number of rotatable bonds is 18. The lowest BCUT2D eigenvalue weighted by Gasteiger charge is -2.25. The van der Waals surface area contributed by atoms with E-state index in [9.17, 15) is 10.2 Å². The van der Waals surface area contributed by atoms with Gasteiger partial charge in [-0.3, -0.25) is 9.98 Å². The fraction of sp³-hybridized carbons (Fsp3) is 0.611. The van der Waals surface area contributed by atoms with Crippen LogP contribution in [0.4, 0.5) is 0 Å². The summed E-state index contributed by atoms with van der Waals surface area (Å²) >= 11 is 0. The van der Waals surface area contributed by atoms with Gasteiger partial charge in [0, 0.05) is 23.6 Å². The summed E-state index contributed by atoms with van der Waals surface area (Å²) in [6.07, 6.45) is 25.6. The number of hydrogen-bond donors (Lipinski definition) is 2. The van der Waals surface area contributed by atoms with Crippen molar-refractivity contribution in [1.82, 2.24) is 0 Å². The Morgan fingerprint density at radius 3 is 1.45 bits per heavy atom. The molecule has 1 saturated carbocycles. The second-order valence-corrected chi connectivity index (χ2v) is 11.8. The molecule has 0 aliphatic heterocycles. The highest BCUT2D eigenvalue weighted by molar-refractivity contribution is 5.84. The molecule has 2 atom stereocenters. The largest absolute Gasteiger partial charge is 0.507 e. The Bertz CT molecular complexity index is 1050. The van der Waals surface area contributed by atoms with Crippen LogP contribution in [-0.2, 0) is 12.8 Å². The Labute approximate surface area is 244 Å². The van der Waals surface area contributed by atoms with E-state index in [1.807, 2.05) is 30.6 Å². The molecule has 1 fully saturated rings. The van der Waals surface area contributed by atoms with E-state index in [4.69, 9.17) is 9.98 Å². The van der Waals surface area contributed by atoms with Crippen LogP contribution < -0.4 is 0 Å². The van der Waals surface area contributed by atoms with Crippen molar-refractivity contribution in [2.45, 2.75) is 142 Å². The summed E-state index contributed by atoms with van der Waals surface area (Å²) in [6, 6.07) is 12.1. The van der Waals surface area contributed by atoms with Crippen LogP contribution in [0.3, 0.4) is 0 Å². The van der Waals surface area contributed by atoms with Crippen molar-refractivity contribution in [1.29, 1.82) is 0 Å². The van der Waals surface area contributed by atoms with Gasteiger partial charge in [0.15, 0.2) is 0 Å². The Morgan fingerprint density at radius 2 is 1.00 bits per heavy atom. The summed E-state index contributed by atoms with van der Waals surface area (Å²) in [5, 5.41) is 20.9. The zero-order valence-corrected chi connectivity index (χ0v) is 25.3. The van der Waals surface area contributed by atoms with Gasteiger partial charge >= 0.3 is 0 Å². The van der Waals surface area contributed by atoms with Crippen LogP contribution in [0.15, 0.2) is 46.4 Å². The third-order valence-corrected chi connectivity index (χ3v) is 8.33. The number of aliphatic imine (C=N–C) groups is 2. The van der Waals surface area contributed by atoms with E-state index in [1.165, 1.54) is 88.2 Å². The van der Waals surface area contributed by atoms with E-state index in [-0.39, 0.29) is 17.8 Å². The third-order valence-electron chi connectivity index (χ3n) is 8.33. The molecule has 0 amide bonds. The fourth-order valence-electron chi connectivity index (χ4n) is 5.74. The van der Waals surface area contributed by atoms with E-state index < -0.39 is 0 Å². The van der Waals surface area contributed by atoms with Gasteiger partial charge in [0.2, 0.25) is 0 Å². The molecule has 0 aromatic heterocycles. The van der Waals surface area contributed by atoms with Crippen LogP contribution in [0.2, 0.25) is 0 Å². The lowest BCUT2D eigenvalue weighted by molar-refractivity contribution is 0.390. The zero-order valence-electron chi connectivity index (χ0n) is 25.3. The number of phenolic OH excluding ortho intramolecular Hbond substituents is 2. The summed E-state index contributed by atoms with van der Waals surface area (Å²) in [7, 11) is 0. The monoisotopic (exact) mass is 546 g/mol. The number of phenols is 2. The van der Waals surface area contributed by atoms with Gasteiger partial charge in [-0.1, -0.05) is 103 Å². The fourth-order valence-corrected chi connectivity index (χ4v) is 5.74. The van der Waals surface area contributed by atoms with Crippen LogP contribution in [0.25, 0.3) is 0 Å². The zero-order chi connectivity index (χ0) is 28.4. The number of aromatic hydroxyl groups is 2. The number of unbranched alkanes of at least 4 members (excludes halogenated alkanes) is 10. The highest BCUT2D eigenvalue weighted by atomic mass is 16.3. The normalized spacial score (nSPS) is 17.8. The van der Waals surface area contributed by atoms with Crippen molar-refractivity contribution < 1.29 is 10.2 Å². The molecule has 220 valence electrons. The topological polar surface area (TPSA) is 65.2 Å². The van der Waals surface area contributed by atoms with Crippen molar-refractivity contribution in [2.75, 3.05) is 0 Å². The van der Waals surface area contributed by atoms with Gasteiger partial charge < -0.3 is 10.2 Å². The lowest BCUT2D eigenvalue weighted by Crippen LogP contribution is -2.27. The molecule has 3 rings (SSSR count). The van der Waals surface area contributed by atoms with Crippen LogP contribution in [-0.4, -0.2) is 34.7 Å². The standard InChI is InChI=1S/C36H54N2O2/c1-3-5-7-9-10-11-12-14-18-30-22-24-36(40)32(26-30)28-38-34-20-16-15-19-33(34)37-27-31-25-29(21-23-35(31)39)17-13-8-6-4-2/h21-28,33-34,39-40H,3-20H2,1-2H3/t33-,34-/m1/s1. The molecule has 0 spiro atoms. The third kappa shape index (κ3) is 11.5. The summed E-state index contributed by atoms with van der Waals surface area (Å²) in [6.45, 7) is 4.50. The average Bonchev–Trinajstić information content (AvgIpc) is 2.97. The van der Waals surface area contributed by atoms with Crippen LogP contribution in [0.5, 0.6) is 11.5 Å². The van der Waals surface area contributed by atoms with Crippen molar-refractivity contribution in [3.63, 3.8) is 0 Å². The Morgan fingerprint density at radius 1 is 0.600 bits per heavy atom. The van der Waals surface area contributed by atoms with E-state index in [2.05, 4.69) is 26.0 Å². The van der Waals surface area contributed by atoms with Crippen LogP contribution >= 0.6 is 0 Å². The first-order chi connectivity index (χ1) is 19.6. The van der Waals surface area contributed by atoms with Gasteiger partial charge in [-0.05, 0) is 73.9 Å². The molecule has 40 heavy (non-hydrogen) atoms. The molecule has 0 saturated heterocycles. The molecule has 2 N–H and O–H groups in total. The number of nitrogens with zero attached hydrogens (tertiary/aromatic N) is 2. The van der Waals surface area contributed by atoms with Gasteiger partial charge in [0.1, 0.15) is 11.5 Å². The van der Waals surface area contributed by atoms with Crippen molar-refractivity contribution in [3.8, 4) is 11.5 Å². The SMILES string of the molecule is CCCCCCCCCCc1ccc(O)c(C=N[C@@H]2CCCC[C@H]2N=Cc2cc(CCCCCC)ccc2O)c1. The molecular weight excluding hydrogens is 492 g/mol. The molecule has 2 aromatic carbocycles. The Kier molecular flexibility index (Phi) is 14.9. The molecule has 0 heterocycles. The predicted octanol–water partition coefficient (Wildman–Crippen LogP) is 9.75. The number of benzene rings is 2. The summed E-state index contributed by atoms with van der Waals surface area (Å²) in [5.74, 6) is 0.579. The molecule has 4 heteroatoms. The molecular formula is C36H54N2O2. The first-order valence-electron chi connectivity index (χ1n) is 16.3. The lowest BCUT2D eigenvalue weighted by atomic mass is 9.91. The molecule has 0 bridgehead atoms. The molecule has 4 nitrogen and oxygen atoms in total. The second kappa shape index (κ2) is 18.7. The van der Waals surface area contributed by atoms with E-state index >= 15 is 0 Å². The van der Waals surface area contributed by atoms with Gasteiger partial charge in [0.25, 0.3) is 0 Å². The van der Waals surface area contributed by atoms with Crippen LogP contribution in [0.1, 0.15) is 139 Å². The maximum atomic E-state index is 10.5. The maximum Gasteiger partial charge on any atom is 0.124 e. The minimum absolute atomic E-state index is 0.0973. The van der Waals surface area contributed by atoms with Gasteiger partial charge in [-0.25, -0.2) is 0 Å². The average molecular weight is 547 g/mol. The van der Waals surface area contributed by atoms with Gasteiger partial charge in [0.05, 0.1) is 12.1 Å². The van der Waals surface area contributed by atoms with Gasteiger partial charge in [-0.2, -0.15) is 0 Å². The quantitative estimate of drug-likeness (QED) is 0.144. The van der Waals surface area contributed by atoms with Crippen molar-refractivity contribution in [3.05, 3.63) is 58.7 Å². The maximum absolute atomic E-state index is 10.5. The molecule has 1 aliphatic carbocycles.